The number of furan rings is 1. The van der Waals surface area contributed by atoms with E-state index in [1.54, 1.807) is 6.92 Å². The van der Waals surface area contributed by atoms with Gasteiger partial charge in [-0.25, -0.2) is 8.42 Å². The highest BCUT2D eigenvalue weighted by Gasteiger charge is 2.29. The Morgan fingerprint density at radius 2 is 2.06 bits per heavy atom. The van der Waals surface area contributed by atoms with Crippen LogP contribution in [0, 0.1) is 6.92 Å². The second-order valence-electron chi connectivity index (χ2n) is 4.14. The lowest BCUT2D eigenvalue weighted by atomic mass is 10.4. The van der Waals surface area contributed by atoms with Gasteiger partial charge in [-0.05, 0) is 20.8 Å². The van der Waals surface area contributed by atoms with E-state index in [4.69, 9.17) is 10.2 Å². The van der Waals surface area contributed by atoms with Crippen molar-refractivity contribution in [3.63, 3.8) is 0 Å². The van der Waals surface area contributed by atoms with E-state index in [2.05, 4.69) is 0 Å². The van der Waals surface area contributed by atoms with Crippen molar-refractivity contribution in [1.29, 1.82) is 0 Å². The molecule has 1 aromatic heterocycles. The molecule has 17 heavy (non-hydrogen) atoms. The van der Waals surface area contributed by atoms with E-state index in [1.165, 1.54) is 10.4 Å². The lowest BCUT2D eigenvalue weighted by molar-refractivity contribution is 0.368. The number of nitrogens with two attached hydrogens (primary N) is 1. The minimum Gasteiger partial charge on any atom is -0.464 e. The predicted octanol–water partition coefficient (Wildman–Crippen LogP) is 1.47. The quantitative estimate of drug-likeness (QED) is 0.869. The van der Waals surface area contributed by atoms with E-state index in [1.807, 2.05) is 20.8 Å². The smallest absolute Gasteiger partial charge is 0.246 e. The first-order valence-electron chi connectivity index (χ1n) is 5.65. The summed E-state index contributed by atoms with van der Waals surface area (Å²) in [6, 6.07) is 1.43. The van der Waals surface area contributed by atoms with Gasteiger partial charge in [0.1, 0.15) is 16.4 Å². The van der Waals surface area contributed by atoms with Crippen molar-refractivity contribution in [2.24, 2.45) is 5.73 Å². The molecule has 0 radical (unpaired) electrons. The Morgan fingerprint density at radius 1 is 1.47 bits per heavy atom. The van der Waals surface area contributed by atoms with E-state index >= 15 is 0 Å². The van der Waals surface area contributed by atoms with Crippen molar-refractivity contribution in [3.8, 4) is 0 Å². The first-order chi connectivity index (χ1) is 7.84. The Bertz CT molecular complexity index is 477. The van der Waals surface area contributed by atoms with Gasteiger partial charge < -0.3 is 10.2 Å². The molecule has 0 fully saturated rings. The molecule has 0 aliphatic carbocycles. The lowest BCUT2D eigenvalue weighted by Crippen LogP contribution is -2.36. The topological polar surface area (TPSA) is 76.5 Å². The van der Waals surface area contributed by atoms with Crippen molar-refractivity contribution in [2.75, 3.05) is 6.54 Å². The minimum atomic E-state index is -3.49. The van der Waals surface area contributed by atoms with E-state index in [0.717, 1.165) is 0 Å². The average molecular weight is 260 g/mol. The molecule has 0 saturated carbocycles. The van der Waals surface area contributed by atoms with Crippen LogP contribution < -0.4 is 5.73 Å². The molecule has 0 saturated heterocycles. The summed E-state index contributed by atoms with van der Waals surface area (Å²) in [5, 5.41) is 0. The highest BCUT2D eigenvalue weighted by atomic mass is 32.2. The summed E-state index contributed by atoms with van der Waals surface area (Å²) in [6.07, 6.45) is 0. The molecule has 6 heteroatoms. The summed E-state index contributed by atoms with van der Waals surface area (Å²) in [5.74, 6) is 0.880. The van der Waals surface area contributed by atoms with Gasteiger partial charge >= 0.3 is 0 Å². The molecule has 0 spiro atoms. The molecule has 0 bridgehead atoms. The zero-order chi connectivity index (χ0) is 13.2. The normalized spacial score (nSPS) is 12.6. The van der Waals surface area contributed by atoms with Gasteiger partial charge in [0.15, 0.2) is 0 Å². The van der Waals surface area contributed by atoms with Crippen LogP contribution in [0.2, 0.25) is 0 Å². The van der Waals surface area contributed by atoms with Crippen molar-refractivity contribution < 1.29 is 12.8 Å². The largest absolute Gasteiger partial charge is 0.464 e. The summed E-state index contributed by atoms with van der Waals surface area (Å²) in [6.45, 7) is 7.78. The summed E-state index contributed by atoms with van der Waals surface area (Å²) < 4.78 is 31.5. The van der Waals surface area contributed by atoms with E-state index < -0.39 is 10.0 Å². The maximum absolute atomic E-state index is 12.4. The third kappa shape index (κ3) is 2.70. The van der Waals surface area contributed by atoms with Gasteiger partial charge in [0.2, 0.25) is 10.0 Å². The van der Waals surface area contributed by atoms with Gasteiger partial charge in [0, 0.05) is 18.7 Å². The molecule has 1 rings (SSSR count). The fourth-order valence-electron chi connectivity index (χ4n) is 1.82. The minimum absolute atomic E-state index is 0.0828. The maximum Gasteiger partial charge on any atom is 0.246 e. The second-order valence-corrected chi connectivity index (χ2v) is 6.00. The molecule has 1 aromatic rings. The maximum atomic E-state index is 12.4. The molecule has 0 atom stereocenters. The van der Waals surface area contributed by atoms with Gasteiger partial charge in [0.25, 0.3) is 0 Å². The SMILES string of the molecule is CCN(C(C)C)S(=O)(=O)c1cc(CN)oc1C. The Hall–Kier alpha value is -0.850. The van der Waals surface area contributed by atoms with Gasteiger partial charge in [-0.3, -0.25) is 0 Å². The Morgan fingerprint density at radius 3 is 2.41 bits per heavy atom. The first-order valence-corrected chi connectivity index (χ1v) is 7.09. The Labute approximate surface area is 103 Å². The van der Waals surface area contributed by atoms with E-state index in [9.17, 15) is 8.42 Å². The zero-order valence-electron chi connectivity index (χ0n) is 10.7. The van der Waals surface area contributed by atoms with Gasteiger partial charge in [0.05, 0.1) is 6.54 Å². The third-order valence-corrected chi connectivity index (χ3v) is 4.86. The monoisotopic (exact) mass is 260 g/mol. The van der Waals surface area contributed by atoms with Crippen LogP contribution in [0.25, 0.3) is 0 Å². The van der Waals surface area contributed by atoms with Crippen LogP contribution in [0.15, 0.2) is 15.4 Å². The van der Waals surface area contributed by atoms with Gasteiger partial charge in [-0.15, -0.1) is 0 Å². The van der Waals surface area contributed by atoms with Gasteiger partial charge in [-0.1, -0.05) is 6.92 Å². The molecule has 2 N–H and O–H groups in total. The fraction of sp³-hybridized carbons (Fsp3) is 0.636. The highest BCUT2D eigenvalue weighted by molar-refractivity contribution is 7.89. The standard InChI is InChI=1S/C11H20N2O3S/c1-5-13(8(2)3)17(14,15)11-6-10(7-12)16-9(11)4/h6,8H,5,7,12H2,1-4H3. The molecule has 0 aliphatic rings. The molecule has 0 aliphatic heterocycles. The van der Waals surface area contributed by atoms with Crippen molar-refractivity contribution in [3.05, 3.63) is 17.6 Å². The van der Waals surface area contributed by atoms with Crippen molar-refractivity contribution in [1.82, 2.24) is 4.31 Å². The van der Waals surface area contributed by atoms with E-state index in [-0.39, 0.29) is 17.5 Å². The zero-order valence-corrected chi connectivity index (χ0v) is 11.5. The fourth-order valence-corrected chi connectivity index (χ4v) is 3.65. The predicted molar refractivity (Wildman–Crippen MR) is 66.0 cm³/mol. The number of aryl methyl sites for hydroxylation is 1. The van der Waals surface area contributed by atoms with Crippen LogP contribution in [-0.4, -0.2) is 25.3 Å². The highest BCUT2D eigenvalue weighted by Crippen LogP contribution is 2.24. The number of nitrogens with zero attached hydrogens (tertiary/aromatic N) is 1. The summed E-state index contributed by atoms with van der Waals surface area (Å²) in [4.78, 5) is 0.216. The van der Waals surface area contributed by atoms with Crippen LogP contribution >= 0.6 is 0 Å². The molecule has 0 unspecified atom stereocenters. The van der Waals surface area contributed by atoms with Crippen LogP contribution in [0.4, 0.5) is 0 Å². The van der Waals surface area contributed by atoms with Crippen LogP contribution in [0.5, 0.6) is 0 Å². The second kappa shape index (κ2) is 5.20. The van der Waals surface area contributed by atoms with Crippen molar-refractivity contribution in [2.45, 2.75) is 45.2 Å². The first kappa shape index (κ1) is 14.2. The molecule has 0 aromatic carbocycles. The Kier molecular flexibility index (Phi) is 4.35. The molecular weight excluding hydrogens is 240 g/mol. The van der Waals surface area contributed by atoms with Gasteiger partial charge in [-0.2, -0.15) is 4.31 Å². The Balaban J connectivity index is 3.24. The number of hydrogen-bond donors (Lipinski definition) is 1. The van der Waals surface area contributed by atoms with Crippen LogP contribution in [-0.2, 0) is 16.6 Å². The van der Waals surface area contributed by atoms with Crippen molar-refractivity contribution >= 4 is 10.0 Å². The molecule has 0 amide bonds. The molecule has 5 nitrogen and oxygen atoms in total. The average Bonchev–Trinajstić information content (AvgIpc) is 2.60. The number of hydrogen-bond acceptors (Lipinski definition) is 4. The third-order valence-electron chi connectivity index (χ3n) is 2.60. The number of sulfonamides is 1. The molecule has 1 heterocycles. The van der Waals surface area contributed by atoms with E-state index in [0.29, 0.717) is 18.1 Å². The summed E-state index contributed by atoms with van der Waals surface area (Å²) >= 11 is 0. The lowest BCUT2D eigenvalue weighted by Gasteiger charge is -2.23. The summed E-state index contributed by atoms with van der Waals surface area (Å²) in [5.41, 5.74) is 5.44. The van der Waals surface area contributed by atoms with Crippen LogP contribution in [0.1, 0.15) is 32.3 Å². The summed E-state index contributed by atoms with van der Waals surface area (Å²) in [7, 11) is -3.49. The molecule has 98 valence electrons. The molecular formula is C11H20N2O3S. The van der Waals surface area contributed by atoms with Crippen LogP contribution in [0.3, 0.4) is 0 Å². The number of rotatable bonds is 5.